The first-order valence-corrected chi connectivity index (χ1v) is 7.19. The van der Waals surface area contributed by atoms with Gasteiger partial charge < -0.3 is 4.57 Å². The summed E-state index contributed by atoms with van der Waals surface area (Å²) in [6, 6.07) is 0. The summed E-state index contributed by atoms with van der Waals surface area (Å²) in [7, 11) is -3.59. The maximum Gasteiger partial charge on any atom is 0.283 e. The third kappa shape index (κ3) is 2.36. The Labute approximate surface area is 101 Å². The molecule has 0 atom stereocenters. The van der Waals surface area contributed by atoms with Crippen molar-refractivity contribution in [2.24, 2.45) is 0 Å². The van der Waals surface area contributed by atoms with E-state index in [0.29, 0.717) is 25.5 Å². The number of aromatic nitrogens is 2. The topological polar surface area (TPSA) is 64.4 Å². The molecular weight excluding hydrogens is 242 g/mol. The van der Waals surface area contributed by atoms with Crippen molar-refractivity contribution in [1.29, 1.82) is 0 Å². The van der Waals surface area contributed by atoms with Crippen LogP contribution in [0.5, 0.6) is 0 Å². The average Bonchev–Trinajstić information content (AvgIpc) is 2.72. The molecule has 1 aliphatic rings. The molecule has 96 valence electrons. The summed E-state index contributed by atoms with van der Waals surface area (Å²) in [5, 5.41) is 0.0683. The molecule has 2 heterocycles. The van der Waals surface area contributed by atoms with Gasteiger partial charge in [0, 0.05) is 19.3 Å². The molecule has 0 bridgehead atoms. The number of hydrogen-bond donors (Lipinski definition) is 0. The van der Waals surface area contributed by atoms with Gasteiger partial charge in [-0.3, -0.25) is 4.84 Å². The summed E-state index contributed by atoms with van der Waals surface area (Å²) >= 11 is 0. The lowest BCUT2D eigenvalue weighted by Gasteiger charge is -2.24. The predicted molar refractivity (Wildman–Crippen MR) is 61.7 cm³/mol. The molecule has 1 fully saturated rings. The first-order chi connectivity index (χ1) is 8.05. The second kappa shape index (κ2) is 4.75. The van der Waals surface area contributed by atoms with Crippen molar-refractivity contribution in [2.75, 3.05) is 13.2 Å². The Kier molecular flexibility index (Phi) is 3.50. The van der Waals surface area contributed by atoms with Crippen molar-refractivity contribution >= 4 is 10.0 Å². The van der Waals surface area contributed by atoms with E-state index in [-0.39, 0.29) is 5.03 Å². The zero-order valence-electron chi connectivity index (χ0n) is 10.1. The Morgan fingerprint density at radius 2 is 2.24 bits per heavy atom. The van der Waals surface area contributed by atoms with E-state index >= 15 is 0 Å². The van der Waals surface area contributed by atoms with E-state index in [0.717, 1.165) is 17.3 Å². The molecule has 0 amide bonds. The Morgan fingerprint density at radius 3 is 2.76 bits per heavy atom. The lowest BCUT2D eigenvalue weighted by Crippen LogP contribution is -2.35. The highest BCUT2D eigenvalue weighted by Gasteiger charge is 2.29. The van der Waals surface area contributed by atoms with Crippen LogP contribution in [-0.2, 0) is 21.4 Å². The zero-order chi connectivity index (χ0) is 12.5. The molecule has 0 aliphatic carbocycles. The van der Waals surface area contributed by atoms with Crippen LogP contribution in [0, 0.1) is 6.92 Å². The quantitative estimate of drug-likeness (QED) is 0.810. The molecule has 2 rings (SSSR count). The molecule has 0 saturated carbocycles. The summed E-state index contributed by atoms with van der Waals surface area (Å²) < 4.78 is 27.2. The first-order valence-electron chi connectivity index (χ1n) is 5.75. The lowest BCUT2D eigenvalue weighted by atomic mass is 10.3. The molecule has 0 N–H and O–H groups in total. The van der Waals surface area contributed by atoms with Gasteiger partial charge in [0.1, 0.15) is 5.82 Å². The van der Waals surface area contributed by atoms with Gasteiger partial charge in [-0.2, -0.15) is 0 Å². The highest BCUT2D eigenvalue weighted by atomic mass is 32.2. The van der Waals surface area contributed by atoms with Gasteiger partial charge in [-0.1, -0.05) is 4.47 Å². The van der Waals surface area contributed by atoms with E-state index in [1.165, 1.54) is 0 Å². The lowest BCUT2D eigenvalue weighted by molar-refractivity contribution is -0.109. The van der Waals surface area contributed by atoms with Crippen molar-refractivity contribution < 1.29 is 13.3 Å². The monoisotopic (exact) mass is 259 g/mol. The normalized spacial score (nSPS) is 18.5. The molecule has 0 spiro atoms. The molecule has 1 aromatic heterocycles. The van der Waals surface area contributed by atoms with Gasteiger partial charge >= 0.3 is 0 Å². The SMILES string of the molecule is CCn1cc(S(=O)(=O)N2CCCCO2)nc1C. The standard InChI is InChI=1S/C10H17N3O3S/c1-3-12-8-10(11-9(12)2)17(14,15)13-6-4-5-7-16-13/h8H,3-7H2,1-2H3. The van der Waals surface area contributed by atoms with Gasteiger partial charge in [0.2, 0.25) is 0 Å². The summed E-state index contributed by atoms with van der Waals surface area (Å²) in [4.78, 5) is 9.26. The third-order valence-corrected chi connectivity index (χ3v) is 4.35. The second-order valence-electron chi connectivity index (χ2n) is 3.98. The van der Waals surface area contributed by atoms with Gasteiger partial charge in [-0.05, 0) is 26.7 Å². The van der Waals surface area contributed by atoms with Crippen molar-refractivity contribution in [2.45, 2.75) is 38.3 Å². The Bertz CT molecular complexity index is 489. The summed E-state index contributed by atoms with van der Waals surface area (Å²) in [6.07, 6.45) is 3.28. The van der Waals surface area contributed by atoms with E-state index < -0.39 is 10.0 Å². The predicted octanol–water partition coefficient (Wildman–Crippen LogP) is 0.928. The summed E-state index contributed by atoms with van der Waals surface area (Å²) in [5.74, 6) is 0.697. The molecule has 0 aromatic carbocycles. The highest BCUT2D eigenvalue weighted by Crippen LogP contribution is 2.19. The van der Waals surface area contributed by atoms with Crippen molar-refractivity contribution in [1.82, 2.24) is 14.0 Å². The number of nitrogens with zero attached hydrogens (tertiary/aromatic N) is 3. The summed E-state index contributed by atoms with van der Waals surface area (Å²) in [6.45, 7) is 5.30. The molecular formula is C10H17N3O3S. The smallest absolute Gasteiger partial charge is 0.283 e. The van der Waals surface area contributed by atoms with Crippen molar-refractivity contribution in [3.63, 3.8) is 0 Å². The molecule has 17 heavy (non-hydrogen) atoms. The maximum atomic E-state index is 12.2. The van der Waals surface area contributed by atoms with E-state index in [4.69, 9.17) is 4.84 Å². The zero-order valence-corrected chi connectivity index (χ0v) is 10.9. The van der Waals surface area contributed by atoms with Crippen LogP contribution in [0.4, 0.5) is 0 Å². The van der Waals surface area contributed by atoms with Gasteiger partial charge in [0.05, 0.1) is 6.61 Å². The minimum atomic E-state index is -3.59. The van der Waals surface area contributed by atoms with E-state index in [9.17, 15) is 8.42 Å². The highest BCUT2D eigenvalue weighted by molar-refractivity contribution is 7.88. The van der Waals surface area contributed by atoms with Crippen LogP contribution in [-0.4, -0.2) is 35.6 Å². The number of aryl methyl sites for hydroxylation is 2. The first kappa shape index (κ1) is 12.5. The fourth-order valence-corrected chi connectivity index (χ4v) is 3.09. The molecule has 7 heteroatoms. The van der Waals surface area contributed by atoms with E-state index in [1.807, 2.05) is 6.92 Å². The molecule has 0 radical (unpaired) electrons. The van der Waals surface area contributed by atoms with Crippen molar-refractivity contribution in [3.8, 4) is 0 Å². The second-order valence-corrected chi connectivity index (χ2v) is 5.76. The van der Waals surface area contributed by atoms with Crippen LogP contribution in [0.15, 0.2) is 11.2 Å². The molecule has 1 aromatic rings. The minimum absolute atomic E-state index is 0.0683. The van der Waals surface area contributed by atoms with Crippen LogP contribution in [0.3, 0.4) is 0 Å². The van der Waals surface area contributed by atoms with E-state index in [1.54, 1.807) is 17.7 Å². The largest absolute Gasteiger partial charge is 0.334 e. The van der Waals surface area contributed by atoms with Crippen LogP contribution in [0.2, 0.25) is 0 Å². The van der Waals surface area contributed by atoms with Gasteiger partial charge in [-0.15, -0.1) is 0 Å². The molecule has 1 saturated heterocycles. The fourth-order valence-electron chi connectivity index (χ4n) is 1.79. The number of hydrogen-bond acceptors (Lipinski definition) is 4. The van der Waals surface area contributed by atoms with Gasteiger partial charge in [0.25, 0.3) is 10.0 Å². The number of sulfonamides is 1. The average molecular weight is 259 g/mol. The van der Waals surface area contributed by atoms with Gasteiger partial charge in [-0.25, -0.2) is 13.4 Å². The van der Waals surface area contributed by atoms with Crippen LogP contribution < -0.4 is 0 Å². The molecule has 6 nitrogen and oxygen atoms in total. The third-order valence-electron chi connectivity index (χ3n) is 2.80. The van der Waals surface area contributed by atoms with Crippen LogP contribution in [0.25, 0.3) is 0 Å². The Morgan fingerprint density at radius 1 is 1.47 bits per heavy atom. The minimum Gasteiger partial charge on any atom is -0.334 e. The molecule has 0 unspecified atom stereocenters. The van der Waals surface area contributed by atoms with Crippen LogP contribution in [0.1, 0.15) is 25.6 Å². The summed E-state index contributed by atoms with van der Waals surface area (Å²) in [5.41, 5.74) is 0. The van der Waals surface area contributed by atoms with E-state index in [2.05, 4.69) is 4.98 Å². The van der Waals surface area contributed by atoms with Crippen molar-refractivity contribution in [3.05, 3.63) is 12.0 Å². The van der Waals surface area contributed by atoms with Gasteiger partial charge in [0.15, 0.2) is 5.03 Å². The Balaban J connectivity index is 2.30. The van der Waals surface area contributed by atoms with Crippen LogP contribution >= 0.6 is 0 Å². The Hall–Kier alpha value is -0.920. The number of imidazole rings is 1. The number of hydroxylamine groups is 1. The maximum absolute atomic E-state index is 12.2. The number of rotatable bonds is 3. The molecule has 1 aliphatic heterocycles. The fraction of sp³-hybridized carbons (Fsp3) is 0.700.